The van der Waals surface area contributed by atoms with E-state index in [4.69, 9.17) is 0 Å². The smallest absolute Gasteiger partial charge is 0.299 e. The molecule has 0 heterocycles. The van der Waals surface area contributed by atoms with E-state index in [1.807, 2.05) is 30.3 Å². The standard InChI is InChI=1S/C17H20F3NO2/c1-11(2)16(15(23)21-17(18,19)20)9-8-14(22)13(16)10-12-6-4-3-5-7-12/h3-7,11,13H,8-10H2,1-2H3,(H,21,23). The number of nitrogens with one attached hydrogen (secondary N) is 1. The van der Waals surface area contributed by atoms with Crippen LogP contribution in [0.4, 0.5) is 13.2 Å². The Hall–Kier alpha value is -1.85. The molecule has 0 bridgehead atoms. The molecule has 126 valence electrons. The van der Waals surface area contributed by atoms with Crippen molar-refractivity contribution in [2.24, 2.45) is 17.3 Å². The fourth-order valence-corrected chi connectivity index (χ4v) is 3.58. The second kappa shape index (κ2) is 6.34. The number of Topliss-reactive ketones (excluding diaryl/α,β-unsaturated/α-hetero) is 1. The largest absolute Gasteiger partial charge is 0.484 e. The Morgan fingerprint density at radius 3 is 2.43 bits per heavy atom. The van der Waals surface area contributed by atoms with Gasteiger partial charge in [-0.1, -0.05) is 44.2 Å². The second-order valence-corrected chi connectivity index (χ2v) is 6.36. The Morgan fingerprint density at radius 1 is 1.30 bits per heavy atom. The maximum Gasteiger partial charge on any atom is 0.484 e. The molecule has 1 aliphatic carbocycles. The lowest BCUT2D eigenvalue weighted by atomic mass is 9.66. The van der Waals surface area contributed by atoms with E-state index in [1.54, 1.807) is 13.8 Å². The molecule has 0 radical (unpaired) electrons. The van der Waals surface area contributed by atoms with Crippen molar-refractivity contribution in [2.75, 3.05) is 0 Å². The zero-order valence-electron chi connectivity index (χ0n) is 13.1. The predicted molar refractivity (Wildman–Crippen MR) is 79.3 cm³/mol. The van der Waals surface area contributed by atoms with Gasteiger partial charge in [-0.2, -0.15) is 13.2 Å². The molecule has 0 saturated heterocycles. The summed E-state index contributed by atoms with van der Waals surface area (Å²) in [5.41, 5.74) is -0.472. The van der Waals surface area contributed by atoms with E-state index in [9.17, 15) is 22.8 Å². The molecular weight excluding hydrogens is 307 g/mol. The van der Waals surface area contributed by atoms with Crippen molar-refractivity contribution in [1.29, 1.82) is 0 Å². The van der Waals surface area contributed by atoms with Crippen LogP contribution in [0.15, 0.2) is 30.3 Å². The van der Waals surface area contributed by atoms with Crippen LogP contribution in [0.3, 0.4) is 0 Å². The summed E-state index contributed by atoms with van der Waals surface area (Å²) in [5.74, 6) is -2.33. The van der Waals surface area contributed by atoms with Gasteiger partial charge in [0.15, 0.2) is 0 Å². The average Bonchev–Trinajstić information content (AvgIpc) is 2.77. The quantitative estimate of drug-likeness (QED) is 0.861. The van der Waals surface area contributed by atoms with Crippen molar-refractivity contribution in [3.05, 3.63) is 35.9 Å². The van der Waals surface area contributed by atoms with E-state index in [-0.39, 0.29) is 31.0 Å². The molecule has 2 unspecified atom stereocenters. The first-order chi connectivity index (χ1) is 10.7. The Kier molecular flexibility index (Phi) is 4.82. The lowest BCUT2D eigenvalue weighted by molar-refractivity contribution is -0.179. The van der Waals surface area contributed by atoms with Gasteiger partial charge in [0.05, 0.1) is 5.41 Å². The van der Waals surface area contributed by atoms with Gasteiger partial charge < -0.3 is 0 Å². The fourth-order valence-electron chi connectivity index (χ4n) is 3.58. The highest BCUT2D eigenvalue weighted by Gasteiger charge is 2.56. The van der Waals surface area contributed by atoms with Crippen LogP contribution in [-0.2, 0) is 16.0 Å². The number of alkyl halides is 3. The molecule has 2 rings (SSSR count). The average molecular weight is 327 g/mol. The number of rotatable bonds is 4. The SMILES string of the molecule is CC(C)C1(C(=O)NC(F)(F)F)CCC(=O)C1Cc1ccccc1. The van der Waals surface area contributed by atoms with E-state index >= 15 is 0 Å². The molecule has 1 N–H and O–H groups in total. The normalized spacial score (nSPS) is 25.0. The predicted octanol–water partition coefficient (Wildman–Crippen LogP) is 3.49. The van der Waals surface area contributed by atoms with Crippen molar-refractivity contribution >= 4 is 11.7 Å². The van der Waals surface area contributed by atoms with E-state index < -0.39 is 23.5 Å². The van der Waals surface area contributed by atoms with Crippen LogP contribution < -0.4 is 5.32 Å². The lowest BCUT2D eigenvalue weighted by Crippen LogP contribution is -2.52. The lowest BCUT2D eigenvalue weighted by Gasteiger charge is -2.37. The monoisotopic (exact) mass is 327 g/mol. The molecule has 1 fully saturated rings. The molecule has 1 aliphatic rings. The number of halogens is 3. The van der Waals surface area contributed by atoms with Crippen molar-refractivity contribution in [1.82, 2.24) is 5.32 Å². The first kappa shape index (κ1) is 17.5. The summed E-state index contributed by atoms with van der Waals surface area (Å²) >= 11 is 0. The Bertz CT molecular complexity index is 583. The van der Waals surface area contributed by atoms with Crippen LogP contribution in [0, 0.1) is 17.3 Å². The van der Waals surface area contributed by atoms with Gasteiger partial charge in [-0.15, -0.1) is 0 Å². The second-order valence-electron chi connectivity index (χ2n) is 6.36. The number of hydrogen-bond acceptors (Lipinski definition) is 2. The summed E-state index contributed by atoms with van der Waals surface area (Å²) < 4.78 is 37.9. The third kappa shape index (κ3) is 3.57. The molecule has 0 aromatic heterocycles. The number of hydrogen-bond donors (Lipinski definition) is 1. The molecule has 1 aromatic rings. The van der Waals surface area contributed by atoms with Gasteiger partial charge in [0.1, 0.15) is 5.78 Å². The maximum atomic E-state index is 12.6. The van der Waals surface area contributed by atoms with E-state index in [1.165, 1.54) is 0 Å². The molecule has 1 aromatic carbocycles. The van der Waals surface area contributed by atoms with Gasteiger partial charge >= 0.3 is 6.30 Å². The summed E-state index contributed by atoms with van der Waals surface area (Å²) in [6.45, 7) is 3.40. The third-order valence-corrected chi connectivity index (χ3v) is 4.79. The van der Waals surface area contributed by atoms with Crippen LogP contribution in [0.25, 0.3) is 0 Å². The summed E-state index contributed by atoms with van der Waals surface area (Å²) in [4.78, 5) is 24.7. The van der Waals surface area contributed by atoms with Crippen molar-refractivity contribution in [2.45, 2.75) is 39.4 Å². The highest BCUT2D eigenvalue weighted by molar-refractivity contribution is 5.95. The zero-order valence-corrected chi connectivity index (χ0v) is 13.1. The minimum atomic E-state index is -4.79. The molecule has 6 heteroatoms. The zero-order chi connectivity index (χ0) is 17.3. The summed E-state index contributed by atoms with van der Waals surface area (Å²) in [5, 5.41) is 1.13. The van der Waals surface area contributed by atoms with Gasteiger partial charge in [-0.25, -0.2) is 0 Å². The minimum absolute atomic E-state index is 0.139. The number of carbonyl (C=O) groups is 2. The highest BCUT2D eigenvalue weighted by atomic mass is 19.4. The van der Waals surface area contributed by atoms with Crippen LogP contribution in [0.5, 0.6) is 0 Å². The van der Waals surface area contributed by atoms with Crippen LogP contribution in [0.1, 0.15) is 32.3 Å². The van der Waals surface area contributed by atoms with Gasteiger partial charge in [-0.3, -0.25) is 14.9 Å². The number of ketones is 1. The number of amides is 1. The molecular formula is C17H20F3NO2. The van der Waals surface area contributed by atoms with Gasteiger partial charge in [0.25, 0.3) is 0 Å². The Balaban J connectivity index is 2.36. The van der Waals surface area contributed by atoms with E-state index in [2.05, 4.69) is 0 Å². The summed E-state index contributed by atoms with van der Waals surface area (Å²) in [7, 11) is 0. The fraction of sp³-hybridized carbons (Fsp3) is 0.529. The van der Waals surface area contributed by atoms with Gasteiger partial charge in [0.2, 0.25) is 5.91 Å². The minimum Gasteiger partial charge on any atom is -0.299 e. The van der Waals surface area contributed by atoms with Crippen LogP contribution >= 0.6 is 0 Å². The molecule has 0 aliphatic heterocycles. The molecule has 2 atom stereocenters. The molecule has 23 heavy (non-hydrogen) atoms. The topological polar surface area (TPSA) is 46.2 Å². The first-order valence-corrected chi connectivity index (χ1v) is 7.63. The number of benzene rings is 1. The maximum absolute atomic E-state index is 12.6. The number of carbonyl (C=O) groups excluding carboxylic acids is 2. The molecule has 3 nitrogen and oxygen atoms in total. The van der Waals surface area contributed by atoms with E-state index in [0.29, 0.717) is 0 Å². The van der Waals surface area contributed by atoms with Crippen molar-refractivity contribution in [3.63, 3.8) is 0 Å². The first-order valence-electron chi connectivity index (χ1n) is 7.63. The Labute approximate surface area is 133 Å². The van der Waals surface area contributed by atoms with Gasteiger partial charge in [0, 0.05) is 12.3 Å². The third-order valence-electron chi connectivity index (χ3n) is 4.79. The van der Waals surface area contributed by atoms with Crippen molar-refractivity contribution < 1.29 is 22.8 Å². The highest BCUT2D eigenvalue weighted by Crippen LogP contribution is 2.49. The molecule has 0 spiro atoms. The van der Waals surface area contributed by atoms with Crippen LogP contribution in [-0.4, -0.2) is 18.0 Å². The van der Waals surface area contributed by atoms with Crippen molar-refractivity contribution in [3.8, 4) is 0 Å². The van der Waals surface area contributed by atoms with Crippen LogP contribution in [0.2, 0.25) is 0 Å². The van der Waals surface area contributed by atoms with E-state index in [0.717, 1.165) is 10.9 Å². The summed E-state index contributed by atoms with van der Waals surface area (Å²) in [6.07, 6.45) is -4.21. The molecule has 1 amide bonds. The van der Waals surface area contributed by atoms with Gasteiger partial charge in [-0.05, 0) is 24.3 Å². The Morgan fingerprint density at radius 2 is 1.91 bits per heavy atom. The summed E-state index contributed by atoms with van der Waals surface area (Å²) in [6, 6.07) is 9.08. The molecule has 1 saturated carbocycles.